The van der Waals surface area contributed by atoms with Crippen LogP contribution >= 0.6 is 22.9 Å². The molecule has 0 spiro atoms. The van der Waals surface area contributed by atoms with E-state index < -0.39 is 0 Å². The van der Waals surface area contributed by atoms with Gasteiger partial charge in [0, 0.05) is 18.1 Å². The zero-order valence-electron chi connectivity index (χ0n) is 10.4. The van der Waals surface area contributed by atoms with Crippen LogP contribution in [0, 0.1) is 6.92 Å². The Morgan fingerprint density at radius 1 is 1.44 bits per heavy atom. The van der Waals surface area contributed by atoms with Crippen LogP contribution in [0.25, 0.3) is 0 Å². The number of rotatable bonds is 3. The van der Waals surface area contributed by atoms with Gasteiger partial charge in [0.1, 0.15) is 5.01 Å². The summed E-state index contributed by atoms with van der Waals surface area (Å²) in [5.41, 5.74) is 1.07. The number of piperidine rings is 1. The molecule has 0 radical (unpaired) electrons. The van der Waals surface area contributed by atoms with Gasteiger partial charge in [-0.05, 0) is 37.8 Å². The molecule has 2 aromatic heterocycles. The van der Waals surface area contributed by atoms with Gasteiger partial charge in [0.15, 0.2) is 0 Å². The van der Waals surface area contributed by atoms with E-state index >= 15 is 0 Å². The van der Waals surface area contributed by atoms with Crippen LogP contribution in [0.4, 0.5) is 0 Å². The van der Waals surface area contributed by atoms with E-state index in [4.69, 9.17) is 0 Å². The molecular formula is C12H16N4S2. The highest BCUT2D eigenvalue weighted by Gasteiger charge is 2.26. The van der Waals surface area contributed by atoms with E-state index in [0.29, 0.717) is 6.04 Å². The van der Waals surface area contributed by atoms with Gasteiger partial charge in [-0.3, -0.25) is 4.90 Å². The lowest BCUT2D eigenvalue weighted by Gasteiger charge is -2.34. The van der Waals surface area contributed by atoms with Crippen molar-refractivity contribution >= 4 is 22.9 Å². The van der Waals surface area contributed by atoms with Crippen LogP contribution in [0.15, 0.2) is 11.6 Å². The fraction of sp³-hybridized carbons (Fsp3) is 0.583. The van der Waals surface area contributed by atoms with Gasteiger partial charge in [-0.15, -0.1) is 16.4 Å². The average molecular weight is 280 g/mol. The molecular weight excluding hydrogens is 264 g/mol. The smallest absolute Gasteiger partial charge is 0.110 e. The maximum absolute atomic E-state index is 4.49. The van der Waals surface area contributed by atoms with Crippen LogP contribution in [-0.2, 0) is 6.54 Å². The molecule has 1 atom stereocenters. The molecule has 3 heterocycles. The minimum absolute atomic E-state index is 0.486. The number of nitrogens with zero attached hydrogens (tertiary/aromatic N) is 4. The lowest BCUT2D eigenvalue weighted by atomic mass is 10.0. The number of hydrogen-bond acceptors (Lipinski definition) is 6. The first kappa shape index (κ1) is 12.2. The van der Waals surface area contributed by atoms with Crippen LogP contribution in [0.1, 0.15) is 40.9 Å². The van der Waals surface area contributed by atoms with Crippen molar-refractivity contribution in [3.8, 4) is 0 Å². The number of aromatic nitrogens is 3. The van der Waals surface area contributed by atoms with Gasteiger partial charge in [-0.1, -0.05) is 10.9 Å². The van der Waals surface area contributed by atoms with E-state index in [2.05, 4.69) is 24.9 Å². The van der Waals surface area contributed by atoms with Gasteiger partial charge in [-0.25, -0.2) is 4.98 Å². The Morgan fingerprint density at radius 2 is 2.39 bits per heavy atom. The van der Waals surface area contributed by atoms with Crippen LogP contribution < -0.4 is 0 Å². The van der Waals surface area contributed by atoms with E-state index in [-0.39, 0.29) is 0 Å². The maximum atomic E-state index is 4.49. The second-order valence-electron chi connectivity index (χ2n) is 4.63. The first-order chi connectivity index (χ1) is 8.84. The zero-order valence-corrected chi connectivity index (χ0v) is 12.0. The summed E-state index contributed by atoms with van der Waals surface area (Å²) in [5.74, 6) is 0. The lowest BCUT2D eigenvalue weighted by Crippen LogP contribution is -2.32. The van der Waals surface area contributed by atoms with E-state index in [0.717, 1.165) is 18.8 Å². The van der Waals surface area contributed by atoms with Crippen molar-refractivity contribution in [1.82, 2.24) is 19.5 Å². The number of likely N-dealkylation sites (tertiary alicyclic amines) is 1. The molecule has 96 valence electrons. The molecule has 18 heavy (non-hydrogen) atoms. The summed E-state index contributed by atoms with van der Waals surface area (Å²) in [6, 6.07) is 0.486. The molecule has 0 aliphatic carbocycles. The molecule has 4 nitrogen and oxygen atoms in total. The lowest BCUT2D eigenvalue weighted by molar-refractivity contribution is 0.141. The molecule has 0 unspecified atom stereocenters. The normalized spacial score (nSPS) is 21.3. The standard InChI is InChI=1S/C12H16N4S2/c1-9-11(18-15-14-9)8-16-6-3-2-4-10(16)12-13-5-7-17-12/h5,7,10H,2-4,6,8H2,1H3/t10-/m0/s1. The van der Waals surface area contributed by atoms with Gasteiger partial charge in [-0.2, -0.15) is 0 Å². The van der Waals surface area contributed by atoms with E-state index in [9.17, 15) is 0 Å². The molecule has 0 amide bonds. The third-order valence-electron chi connectivity index (χ3n) is 3.44. The van der Waals surface area contributed by atoms with Gasteiger partial charge in [0.25, 0.3) is 0 Å². The summed E-state index contributed by atoms with van der Waals surface area (Å²) in [6.07, 6.45) is 5.72. The highest BCUT2D eigenvalue weighted by atomic mass is 32.1. The average Bonchev–Trinajstić information content (AvgIpc) is 3.03. The molecule has 0 bridgehead atoms. The Hall–Kier alpha value is -0.850. The van der Waals surface area contributed by atoms with Crippen molar-refractivity contribution in [1.29, 1.82) is 0 Å². The van der Waals surface area contributed by atoms with Crippen molar-refractivity contribution in [2.24, 2.45) is 0 Å². The highest BCUT2D eigenvalue weighted by molar-refractivity contribution is 7.09. The third-order valence-corrected chi connectivity index (χ3v) is 5.13. The first-order valence-corrected chi connectivity index (χ1v) is 7.91. The molecule has 0 aromatic carbocycles. The molecule has 1 fully saturated rings. The maximum Gasteiger partial charge on any atom is 0.110 e. The summed E-state index contributed by atoms with van der Waals surface area (Å²) < 4.78 is 4.03. The van der Waals surface area contributed by atoms with Crippen molar-refractivity contribution in [3.63, 3.8) is 0 Å². The van der Waals surface area contributed by atoms with E-state index in [1.54, 1.807) is 11.3 Å². The SMILES string of the molecule is Cc1nnsc1CN1CCCC[C@H]1c1nccs1. The van der Waals surface area contributed by atoms with Crippen LogP contribution in [0.3, 0.4) is 0 Å². The highest BCUT2D eigenvalue weighted by Crippen LogP contribution is 2.33. The number of thiazole rings is 1. The van der Waals surface area contributed by atoms with Crippen LogP contribution in [0.5, 0.6) is 0 Å². The zero-order chi connectivity index (χ0) is 12.4. The Kier molecular flexibility index (Phi) is 3.67. The summed E-state index contributed by atoms with van der Waals surface area (Å²) in [4.78, 5) is 8.31. The van der Waals surface area contributed by atoms with Crippen molar-refractivity contribution < 1.29 is 0 Å². The van der Waals surface area contributed by atoms with Crippen molar-refractivity contribution in [2.75, 3.05) is 6.54 Å². The van der Waals surface area contributed by atoms with E-state index in [1.807, 2.05) is 13.1 Å². The minimum Gasteiger partial charge on any atom is -0.289 e. The van der Waals surface area contributed by atoms with E-state index in [1.165, 1.54) is 40.7 Å². The summed E-state index contributed by atoms with van der Waals surface area (Å²) in [7, 11) is 0. The molecule has 6 heteroatoms. The molecule has 0 N–H and O–H groups in total. The predicted octanol–water partition coefficient (Wildman–Crippen LogP) is 3.03. The summed E-state index contributed by atoms with van der Waals surface area (Å²) in [5, 5.41) is 7.42. The summed E-state index contributed by atoms with van der Waals surface area (Å²) >= 11 is 3.29. The number of aryl methyl sites for hydroxylation is 1. The Morgan fingerprint density at radius 3 is 3.11 bits per heavy atom. The second kappa shape index (κ2) is 5.42. The molecule has 2 aromatic rings. The largest absolute Gasteiger partial charge is 0.289 e. The second-order valence-corrected chi connectivity index (χ2v) is 6.40. The fourth-order valence-electron chi connectivity index (χ4n) is 2.44. The molecule has 1 aliphatic heterocycles. The Bertz CT molecular complexity index is 494. The molecule has 3 rings (SSSR count). The Balaban J connectivity index is 1.78. The Labute approximate surface area is 115 Å². The topological polar surface area (TPSA) is 41.9 Å². The predicted molar refractivity (Wildman–Crippen MR) is 73.8 cm³/mol. The van der Waals surface area contributed by atoms with Gasteiger partial charge in [0.2, 0.25) is 0 Å². The fourth-order valence-corrected chi connectivity index (χ4v) is 3.90. The van der Waals surface area contributed by atoms with Crippen LogP contribution in [-0.4, -0.2) is 26.0 Å². The minimum atomic E-state index is 0.486. The van der Waals surface area contributed by atoms with Gasteiger partial charge < -0.3 is 0 Å². The number of hydrogen-bond donors (Lipinski definition) is 0. The first-order valence-electron chi connectivity index (χ1n) is 6.26. The van der Waals surface area contributed by atoms with Crippen molar-refractivity contribution in [2.45, 2.75) is 38.8 Å². The van der Waals surface area contributed by atoms with Gasteiger partial charge >= 0.3 is 0 Å². The van der Waals surface area contributed by atoms with Gasteiger partial charge in [0.05, 0.1) is 16.6 Å². The van der Waals surface area contributed by atoms with Crippen LogP contribution in [0.2, 0.25) is 0 Å². The quantitative estimate of drug-likeness (QED) is 0.866. The monoisotopic (exact) mass is 280 g/mol. The molecule has 0 saturated carbocycles. The summed E-state index contributed by atoms with van der Waals surface area (Å²) in [6.45, 7) is 4.16. The molecule has 1 aliphatic rings. The molecule has 1 saturated heterocycles. The third kappa shape index (κ3) is 2.46. The van der Waals surface area contributed by atoms with Crippen molar-refractivity contribution in [3.05, 3.63) is 27.2 Å².